The van der Waals surface area contributed by atoms with Crippen LogP contribution < -0.4 is 0 Å². The molecule has 0 amide bonds. The van der Waals surface area contributed by atoms with E-state index in [1.165, 1.54) is 50.5 Å². The molecule has 0 radical (unpaired) electrons. The van der Waals surface area contributed by atoms with Crippen molar-refractivity contribution in [2.45, 2.75) is 70.1 Å². The van der Waals surface area contributed by atoms with Crippen LogP contribution in [-0.4, -0.2) is 5.38 Å². The number of benzene rings is 1. The maximum absolute atomic E-state index is 6.39. The van der Waals surface area contributed by atoms with E-state index in [1.807, 2.05) is 18.2 Å². The number of hydrogen-bond donors (Lipinski definition) is 0. The van der Waals surface area contributed by atoms with Gasteiger partial charge in [0.25, 0.3) is 0 Å². The molecule has 1 rings (SSSR count). The van der Waals surface area contributed by atoms with Gasteiger partial charge in [0.15, 0.2) is 0 Å². The third-order valence-electron chi connectivity index (χ3n) is 3.56. The van der Waals surface area contributed by atoms with Crippen molar-refractivity contribution in [3.8, 4) is 0 Å². The molecule has 1 unspecified atom stereocenters. The zero-order valence-electron chi connectivity index (χ0n) is 12.3. The highest BCUT2D eigenvalue weighted by Crippen LogP contribution is 2.24. The summed E-state index contributed by atoms with van der Waals surface area (Å²) in [6.07, 6.45) is 11.2. The summed E-state index contributed by atoms with van der Waals surface area (Å²) in [6.45, 7) is 2.25. The zero-order valence-corrected chi connectivity index (χ0v) is 14.6. The van der Waals surface area contributed by atoms with Gasteiger partial charge in [-0.2, -0.15) is 0 Å². The van der Waals surface area contributed by atoms with Crippen LogP contribution in [0.4, 0.5) is 0 Å². The van der Waals surface area contributed by atoms with Gasteiger partial charge in [-0.1, -0.05) is 81.1 Å². The quantitative estimate of drug-likeness (QED) is 0.311. The van der Waals surface area contributed by atoms with Gasteiger partial charge >= 0.3 is 0 Å². The lowest BCUT2D eigenvalue weighted by molar-refractivity contribution is 0.567. The van der Waals surface area contributed by atoms with E-state index in [2.05, 4.69) is 6.92 Å². The second kappa shape index (κ2) is 10.8. The highest BCUT2D eigenvalue weighted by Gasteiger charge is 2.07. The van der Waals surface area contributed by atoms with Crippen molar-refractivity contribution in [1.82, 2.24) is 0 Å². The minimum absolute atomic E-state index is 0.197. The van der Waals surface area contributed by atoms with Crippen molar-refractivity contribution in [2.75, 3.05) is 0 Å². The number of hydrogen-bond acceptors (Lipinski definition) is 0. The highest BCUT2D eigenvalue weighted by atomic mass is 35.5. The first-order chi connectivity index (χ1) is 9.63. The van der Waals surface area contributed by atoms with E-state index < -0.39 is 0 Å². The number of halogens is 3. The van der Waals surface area contributed by atoms with Crippen LogP contribution in [0.15, 0.2) is 18.2 Å². The Balaban J connectivity index is 2.13. The van der Waals surface area contributed by atoms with E-state index in [0.29, 0.717) is 10.0 Å². The summed E-state index contributed by atoms with van der Waals surface area (Å²) in [7, 11) is 0. The molecule has 0 aliphatic carbocycles. The highest BCUT2D eigenvalue weighted by molar-refractivity contribution is 6.42. The van der Waals surface area contributed by atoms with Gasteiger partial charge in [0, 0.05) is 5.38 Å². The molecule has 114 valence electrons. The van der Waals surface area contributed by atoms with Gasteiger partial charge in [-0.3, -0.25) is 0 Å². The molecule has 0 aromatic heterocycles. The summed E-state index contributed by atoms with van der Waals surface area (Å²) in [6, 6.07) is 5.77. The van der Waals surface area contributed by atoms with E-state index in [9.17, 15) is 0 Å². The van der Waals surface area contributed by atoms with E-state index >= 15 is 0 Å². The molecule has 20 heavy (non-hydrogen) atoms. The zero-order chi connectivity index (χ0) is 14.8. The van der Waals surface area contributed by atoms with Crippen LogP contribution in [-0.2, 0) is 6.42 Å². The van der Waals surface area contributed by atoms with Gasteiger partial charge in [0.05, 0.1) is 10.0 Å². The number of rotatable bonds is 10. The molecule has 3 heteroatoms. The Morgan fingerprint density at radius 3 is 2.20 bits per heavy atom. The lowest BCUT2D eigenvalue weighted by Crippen LogP contribution is -2.03. The van der Waals surface area contributed by atoms with Gasteiger partial charge in [-0.15, -0.1) is 11.6 Å². The molecule has 1 aromatic carbocycles. The Labute approximate surface area is 138 Å². The third-order valence-corrected chi connectivity index (χ3v) is 4.67. The van der Waals surface area contributed by atoms with Crippen molar-refractivity contribution in [1.29, 1.82) is 0 Å². The fourth-order valence-corrected chi connectivity index (χ4v) is 3.00. The van der Waals surface area contributed by atoms with Crippen molar-refractivity contribution in [3.63, 3.8) is 0 Å². The number of unbranched alkanes of at least 4 members (excludes halogenated alkanes) is 6. The lowest BCUT2D eigenvalue weighted by Gasteiger charge is -2.10. The van der Waals surface area contributed by atoms with Gasteiger partial charge in [0.2, 0.25) is 0 Å². The molecule has 0 heterocycles. The summed E-state index contributed by atoms with van der Waals surface area (Å²) in [5, 5.41) is 1.42. The molecular formula is C17H25Cl3. The van der Waals surface area contributed by atoms with E-state index in [1.54, 1.807) is 0 Å². The van der Waals surface area contributed by atoms with Crippen molar-refractivity contribution < 1.29 is 0 Å². The molecule has 0 aliphatic rings. The SMILES string of the molecule is CCCCCCCCCC(Cl)Cc1ccc(Cl)c(Cl)c1. The second-order valence-electron chi connectivity index (χ2n) is 5.46. The maximum atomic E-state index is 6.39. The van der Waals surface area contributed by atoms with Crippen molar-refractivity contribution in [2.24, 2.45) is 0 Å². The van der Waals surface area contributed by atoms with E-state index in [4.69, 9.17) is 34.8 Å². The Morgan fingerprint density at radius 2 is 1.55 bits per heavy atom. The Hall–Kier alpha value is 0.0900. The van der Waals surface area contributed by atoms with Crippen LogP contribution in [0.2, 0.25) is 10.0 Å². The first-order valence-electron chi connectivity index (χ1n) is 7.71. The summed E-state index contributed by atoms with van der Waals surface area (Å²) in [5.74, 6) is 0. The summed E-state index contributed by atoms with van der Waals surface area (Å²) < 4.78 is 0. The first-order valence-corrected chi connectivity index (χ1v) is 8.90. The molecule has 0 aliphatic heterocycles. The minimum atomic E-state index is 0.197. The Kier molecular flexibility index (Phi) is 9.76. The molecule has 0 bridgehead atoms. The average molecular weight is 336 g/mol. The van der Waals surface area contributed by atoms with Crippen LogP contribution in [0.25, 0.3) is 0 Å². The topological polar surface area (TPSA) is 0 Å². The maximum Gasteiger partial charge on any atom is 0.0595 e. The molecule has 0 nitrogen and oxygen atoms in total. The van der Waals surface area contributed by atoms with Crippen LogP contribution >= 0.6 is 34.8 Å². The molecule has 0 fully saturated rings. The third kappa shape index (κ3) is 7.76. The normalized spacial score (nSPS) is 12.6. The largest absolute Gasteiger partial charge is 0.123 e. The van der Waals surface area contributed by atoms with Crippen LogP contribution in [0.5, 0.6) is 0 Å². The van der Waals surface area contributed by atoms with E-state index in [0.717, 1.165) is 12.8 Å². The van der Waals surface area contributed by atoms with Gasteiger partial charge in [-0.25, -0.2) is 0 Å². The van der Waals surface area contributed by atoms with Crippen LogP contribution in [0.1, 0.15) is 63.9 Å². The standard InChI is InChI=1S/C17H25Cl3/c1-2-3-4-5-6-7-8-9-15(18)12-14-10-11-16(19)17(20)13-14/h10-11,13,15H,2-9,12H2,1H3. The second-order valence-corrected chi connectivity index (χ2v) is 6.89. The van der Waals surface area contributed by atoms with Crippen molar-refractivity contribution in [3.05, 3.63) is 33.8 Å². The fraction of sp³-hybridized carbons (Fsp3) is 0.647. The first kappa shape index (κ1) is 18.1. The van der Waals surface area contributed by atoms with Gasteiger partial charge in [0.1, 0.15) is 0 Å². The lowest BCUT2D eigenvalue weighted by atomic mass is 10.0. The molecule has 0 spiro atoms. The van der Waals surface area contributed by atoms with Crippen molar-refractivity contribution >= 4 is 34.8 Å². The minimum Gasteiger partial charge on any atom is -0.123 e. The molecule has 0 N–H and O–H groups in total. The fourth-order valence-electron chi connectivity index (χ4n) is 2.35. The summed E-state index contributed by atoms with van der Waals surface area (Å²) >= 11 is 18.3. The summed E-state index contributed by atoms with van der Waals surface area (Å²) in [5.41, 5.74) is 1.17. The summed E-state index contributed by atoms with van der Waals surface area (Å²) in [4.78, 5) is 0. The van der Waals surface area contributed by atoms with Crippen LogP contribution in [0, 0.1) is 0 Å². The Bertz CT molecular complexity index is 376. The average Bonchev–Trinajstić information content (AvgIpc) is 2.42. The molecule has 1 atom stereocenters. The van der Waals surface area contributed by atoms with E-state index in [-0.39, 0.29) is 5.38 Å². The molecule has 1 aromatic rings. The molecular weight excluding hydrogens is 311 g/mol. The van der Waals surface area contributed by atoms with Gasteiger partial charge in [-0.05, 0) is 30.5 Å². The van der Waals surface area contributed by atoms with Gasteiger partial charge < -0.3 is 0 Å². The monoisotopic (exact) mass is 334 g/mol. The predicted octanol–water partition coefficient (Wildman–Crippen LogP) is 7.28. The number of alkyl halides is 1. The molecule has 0 saturated carbocycles. The van der Waals surface area contributed by atoms with Crippen LogP contribution in [0.3, 0.4) is 0 Å². The molecule has 0 saturated heterocycles. The smallest absolute Gasteiger partial charge is 0.0595 e. The predicted molar refractivity (Wildman–Crippen MR) is 92.4 cm³/mol. The Morgan fingerprint density at radius 1 is 0.900 bits per heavy atom.